The van der Waals surface area contributed by atoms with Crippen molar-refractivity contribution in [3.05, 3.63) is 34.9 Å². The minimum Gasteiger partial charge on any atom is -0.381 e. The molecule has 0 atom stereocenters. The minimum absolute atomic E-state index is 0.0577. The lowest BCUT2D eigenvalue weighted by Gasteiger charge is -2.22. The Labute approximate surface area is 115 Å². The molecule has 0 spiro atoms. The standard InChI is InChI=1S/C13H16N4O3/c18-12(14-10-4-7-20-8-5-10)9-17-13(19)16-6-2-1-3-11(16)15-17/h1-3,6,10H,4-5,7-9H2,(H,14,18). The molecule has 1 aliphatic heterocycles. The summed E-state index contributed by atoms with van der Waals surface area (Å²) in [5.41, 5.74) is 0.235. The van der Waals surface area contributed by atoms with Gasteiger partial charge in [-0.1, -0.05) is 6.07 Å². The summed E-state index contributed by atoms with van der Waals surface area (Å²) in [6.07, 6.45) is 3.26. The van der Waals surface area contributed by atoms with E-state index in [1.807, 2.05) is 0 Å². The summed E-state index contributed by atoms with van der Waals surface area (Å²) in [6.45, 7) is 1.27. The number of carbonyl (C=O) groups is 1. The van der Waals surface area contributed by atoms with E-state index in [1.165, 1.54) is 9.08 Å². The van der Waals surface area contributed by atoms with Crippen molar-refractivity contribution in [2.24, 2.45) is 0 Å². The average Bonchev–Trinajstić information content (AvgIpc) is 2.77. The molecular formula is C13H16N4O3. The van der Waals surface area contributed by atoms with Crippen LogP contribution < -0.4 is 11.0 Å². The Morgan fingerprint density at radius 1 is 1.40 bits per heavy atom. The van der Waals surface area contributed by atoms with Gasteiger partial charge in [0, 0.05) is 25.5 Å². The second-order valence-electron chi connectivity index (χ2n) is 4.82. The maximum absolute atomic E-state index is 12.0. The van der Waals surface area contributed by atoms with Crippen molar-refractivity contribution in [2.45, 2.75) is 25.4 Å². The Bertz CT molecular complexity index is 670. The summed E-state index contributed by atoms with van der Waals surface area (Å²) < 4.78 is 7.84. The van der Waals surface area contributed by atoms with Gasteiger partial charge in [0.25, 0.3) is 0 Å². The van der Waals surface area contributed by atoms with Crippen molar-refractivity contribution in [3.63, 3.8) is 0 Å². The highest BCUT2D eigenvalue weighted by Gasteiger charge is 2.17. The minimum atomic E-state index is -0.303. The van der Waals surface area contributed by atoms with Gasteiger partial charge in [-0.3, -0.25) is 9.20 Å². The summed E-state index contributed by atoms with van der Waals surface area (Å²) in [6, 6.07) is 5.41. The second kappa shape index (κ2) is 5.46. The van der Waals surface area contributed by atoms with Crippen molar-refractivity contribution in [1.29, 1.82) is 0 Å². The maximum atomic E-state index is 12.0. The molecule has 7 nitrogen and oxygen atoms in total. The zero-order valence-corrected chi connectivity index (χ0v) is 11.0. The first-order chi connectivity index (χ1) is 9.74. The summed E-state index contributed by atoms with van der Waals surface area (Å²) >= 11 is 0. The predicted octanol–water partition coefficient (Wildman–Crippen LogP) is -0.209. The smallest absolute Gasteiger partial charge is 0.350 e. The van der Waals surface area contributed by atoms with Crippen LogP contribution >= 0.6 is 0 Å². The van der Waals surface area contributed by atoms with Crippen LogP contribution in [0.3, 0.4) is 0 Å². The van der Waals surface area contributed by atoms with E-state index in [2.05, 4.69) is 10.4 Å². The number of carbonyl (C=O) groups excluding carboxylic acids is 1. The highest BCUT2D eigenvalue weighted by molar-refractivity contribution is 5.76. The monoisotopic (exact) mass is 276 g/mol. The molecular weight excluding hydrogens is 260 g/mol. The summed E-state index contributed by atoms with van der Waals surface area (Å²) in [5, 5.41) is 7.04. The van der Waals surface area contributed by atoms with E-state index >= 15 is 0 Å². The number of ether oxygens (including phenoxy) is 1. The second-order valence-corrected chi connectivity index (χ2v) is 4.82. The summed E-state index contributed by atoms with van der Waals surface area (Å²) in [4.78, 5) is 24.0. The van der Waals surface area contributed by atoms with E-state index < -0.39 is 0 Å². The van der Waals surface area contributed by atoms with Crippen molar-refractivity contribution in [2.75, 3.05) is 13.2 Å². The van der Waals surface area contributed by atoms with Crippen LogP contribution in [0.2, 0.25) is 0 Å². The molecule has 0 bridgehead atoms. The number of fused-ring (bicyclic) bond motifs is 1. The molecule has 1 amide bonds. The molecule has 20 heavy (non-hydrogen) atoms. The lowest BCUT2D eigenvalue weighted by Crippen LogP contribution is -2.41. The Morgan fingerprint density at radius 3 is 2.95 bits per heavy atom. The normalized spacial score (nSPS) is 16.4. The topological polar surface area (TPSA) is 77.6 Å². The lowest BCUT2D eigenvalue weighted by atomic mass is 10.1. The van der Waals surface area contributed by atoms with Gasteiger partial charge in [-0.05, 0) is 25.0 Å². The molecule has 7 heteroatoms. The van der Waals surface area contributed by atoms with Crippen LogP contribution in [-0.2, 0) is 16.1 Å². The number of hydrogen-bond acceptors (Lipinski definition) is 4. The van der Waals surface area contributed by atoms with E-state index in [4.69, 9.17) is 4.74 Å². The third-order valence-corrected chi connectivity index (χ3v) is 3.37. The summed E-state index contributed by atoms with van der Waals surface area (Å²) in [5.74, 6) is -0.192. The number of rotatable bonds is 3. The molecule has 0 aromatic carbocycles. The van der Waals surface area contributed by atoms with Gasteiger partial charge in [-0.15, -0.1) is 5.10 Å². The molecule has 1 N–H and O–H groups in total. The SMILES string of the molecule is O=C(Cn1nc2ccccn2c1=O)NC1CCOCC1. The number of pyridine rings is 1. The van der Waals surface area contributed by atoms with Crippen LogP contribution in [0.1, 0.15) is 12.8 Å². The third-order valence-electron chi connectivity index (χ3n) is 3.37. The Kier molecular flexibility index (Phi) is 3.51. The molecule has 1 fully saturated rings. The van der Waals surface area contributed by atoms with Crippen LogP contribution in [0.4, 0.5) is 0 Å². The van der Waals surface area contributed by atoms with Crippen LogP contribution in [0, 0.1) is 0 Å². The van der Waals surface area contributed by atoms with E-state index in [-0.39, 0.29) is 24.2 Å². The molecule has 3 heterocycles. The van der Waals surface area contributed by atoms with Crippen LogP contribution in [0.25, 0.3) is 5.65 Å². The van der Waals surface area contributed by atoms with E-state index in [0.29, 0.717) is 18.9 Å². The first-order valence-corrected chi connectivity index (χ1v) is 6.65. The number of nitrogens with zero attached hydrogens (tertiary/aromatic N) is 3. The van der Waals surface area contributed by atoms with Gasteiger partial charge in [0.1, 0.15) is 6.54 Å². The van der Waals surface area contributed by atoms with Crippen LogP contribution in [0.5, 0.6) is 0 Å². The largest absolute Gasteiger partial charge is 0.381 e. The highest BCUT2D eigenvalue weighted by Crippen LogP contribution is 2.05. The van der Waals surface area contributed by atoms with E-state index in [9.17, 15) is 9.59 Å². The fourth-order valence-electron chi connectivity index (χ4n) is 2.32. The molecule has 0 aliphatic carbocycles. The molecule has 1 saturated heterocycles. The maximum Gasteiger partial charge on any atom is 0.350 e. The molecule has 1 aliphatic rings. The fourth-order valence-corrected chi connectivity index (χ4v) is 2.32. The highest BCUT2D eigenvalue weighted by atomic mass is 16.5. The van der Waals surface area contributed by atoms with Crippen LogP contribution in [0.15, 0.2) is 29.2 Å². The first-order valence-electron chi connectivity index (χ1n) is 6.65. The Morgan fingerprint density at radius 2 is 2.20 bits per heavy atom. The van der Waals surface area contributed by atoms with Crippen molar-refractivity contribution in [1.82, 2.24) is 19.5 Å². The number of aromatic nitrogens is 3. The van der Waals surface area contributed by atoms with E-state index in [0.717, 1.165) is 12.8 Å². The van der Waals surface area contributed by atoms with Gasteiger partial charge in [0.05, 0.1) is 0 Å². The molecule has 0 radical (unpaired) electrons. The van der Waals surface area contributed by atoms with Gasteiger partial charge in [-0.2, -0.15) is 0 Å². The molecule has 0 saturated carbocycles. The van der Waals surface area contributed by atoms with Gasteiger partial charge < -0.3 is 10.1 Å². The Balaban J connectivity index is 1.71. The predicted molar refractivity (Wildman–Crippen MR) is 71.4 cm³/mol. The first kappa shape index (κ1) is 12.9. The zero-order valence-electron chi connectivity index (χ0n) is 11.0. The summed E-state index contributed by atoms with van der Waals surface area (Å²) in [7, 11) is 0. The van der Waals surface area contributed by atoms with Crippen LogP contribution in [-0.4, -0.2) is 39.3 Å². The van der Waals surface area contributed by atoms with Gasteiger partial charge >= 0.3 is 5.69 Å². The zero-order chi connectivity index (χ0) is 13.9. The molecule has 2 aromatic heterocycles. The van der Waals surface area contributed by atoms with Crippen molar-refractivity contribution >= 4 is 11.6 Å². The van der Waals surface area contributed by atoms with Crippen molar-refractivity contribution in [3.8, 4) is 0 Å². The third kappa shape index (κ3) is 2.57. The molecule has 106 valence electrons. The fraction of sp³-hybridized carbons (Fsp3) is 0.462. The van der Waals surface area contributed by atoms with Crippen molar-refractivity contribution < 1.29 is 9.53 Å². The quantitative estimate of drug-likeness (QED) is 0.841. The lowest BCUT2D eigenvalue weighted by molar-refractivity contribution is -0.123. The van der Waals surface area contributed by atoms with E-state index in [1.54, 1.807) is 24.4 Å². The van der Waals surface area contributed by atoms with Gasteiger partial charge in [0.15, 0.2) is 5.65 Å². The number of amides is 1. The Hall–Kier alpha value is -2.15. The number of nitrogens with one attached hydrogen (secondary N) is 1. The average molecular weight is 276 g/mol. The molecule has 3 rings (SSSR count). The molecule has 0 unspecified atom stereocenters. The van der Waals surface area contributed by atoms with Gasteiger partial charge in [0.2, 0.25) is 5.91 Å². The molecule has 2 aromatic rings. The number of hydrogen-bond donors (Lipinski definition) is 1. The van der Waals surface area contributed by atoms with Gasteiger partial charge in [-0.25, -0.2) is 9.48 Å².